The fraction of sp³-hybridized carbons (Fsp3) is 0.887. The molecule has 0 aliphatic heterocycles. The standard InChI is InChI=1S/C71H134O17P2/c1-6-9-12-15-18-21-24-26-28-30-33-35-38-44-49-54-68(73)81-60-66(87-71(76)57-52-47-40-37-34-31-29-27-25-22-19-16-13-10-7-2)62-85-89(77,78)83-58-65(72)59-84-90(79,80)86-63-67(61-82-69(74)55-50-45-42-41-43-48-53-64(4)5)88-70(75)56-51-46-39-36-32-23-20-17-14-11-8-3/h22,25,27,29,64-67,72H,6-21,23-24,26,28,30-63H2,1-5H3,(H,77,78)(H,79,80)/b25-22-,29-27-/t65-,66-,67-/m1/s1. The number of esters is 4. The van der Waals surface area contributed by atoms with E-state index in [1.54, 1.807) is 0 Å². The summed E-state index contributed by atoms with van der Waals surface area (Å²) in [7, 11) is -9.91. The number of phosphoric acid groups is 2. The van der Waals surface area contributed by atoms with Crippen molar-refractivity contribution in [1.29, 1.82) is 0 Å². The molecule has 19 heteroatoms. The number of unbranched alkanes of at least 4 members (excludes halogenated alkanes) is 38. The van der Waals surface area contributed by atoms with Crippen LogP contribution in [0.1, 0.15) is 343 Å². The van der Waals surface area contributed by atoms with Crippen LogP contribution in [0.25, 0.3) is 0 Å². The smallest absolute Gasteiger partial charge is 0.462 e. The third kappa shape index (κ3) is 64.3. The van der Waals surface area contributed by atoms with Gasteiger partial charge in [0.15, 0.2) is 12.2 Å². The molecule has 0 fully saturated rings. The van der Waals surface area contributed by atoms with Crippen LogP contribution < -0.4 is 0 Å². The monoisotopic (exact) mass is 1320 g/mol. The quantitative estimate of drug-likeness (QED) is 0.0169. The van der Waals surface area contributed by atoms with Gasteiger partial charge in [-0.25, -0.2) is 9.13 Å². The predicted octanol–water partition coefficient (Wildman–Crippen LogP) is 20.1. The Balaban J connectivity index is 5.27. The van der Waals surface area contributed by atoms with Crippen molar-refractivity contribution < 1.29 is 80.2 Å². The highest BCUT2D eigenvalue weighted by Crippen LogP contribution is 2.45. The molecule has 0 aliphatic rings. The largest absolute Gasteiger partial charge is 0.472 e. The van der Waals surface area contributed by atoms with Gasteiger partial charge in [0, 0.05) is 25.7 Å². The van der Waals surface area contributed by atoms with E-state index in [0.717, 1.165) is 109 Å². The Labute approximate surface area is 548 Å². The van der Waals surface area contributed by atoms with Crippen LogP contribution in [0.15, 0.2) is 24.3 Å². The van der Waals surface area contributed by atoms with Gasteiger partial charge in [0.2, 0.25) is 0 Å². The van der Waals surface area contributed by atoms with Crippen LogP contribution in [0.4, 0.5) is 0 Å². The minimum absolute atomic E-state index is 0.0855. The zero-order chi connectivity index (χ0) is 66.3. The molecule has 0 spiro atoms. The van der Waals surface area contributed by atoms with Gasteiger partial charge >= 0.3 is 39.5 Å². The molecule has 17 nitrogen and oxygen atoms in total. The Hall–Kier alpha value is -2.46. The molecule has 3 N–H and O–H groups in total. The number of hydrogen-bond donors (Lipinski definition) is 3. The fourth-order valence-electron chi connectivity index (χ4n) is 10.3. The van der Waals surface area contributed by atoms with Gasteiger partial charge in [-0.15, -0.1) is 0 Å². The topological polar surface area (TPSA) is 237 Å². The molecule has 0 aromatic heterocycles. The van der Waals surface area contributed by atoms with E-state index in [2.05, 4.69) is 58.9 Å². The third-order valence-corrected chi connectivity index (χ3v) is 17.8. The number of aliphatic hydroxyl groups excluding tert-OH is 1. The SMILES string of the molecule is CCCCCC/C=C\C=C/CCCCCCCC(=O)O[C@H](COC(=O)CCCCCCCCCCCCCCCCC)COP(=O)(O)OC[C@@H](O)COP(=O)(O)OC[C@@H](COC(=O)CCCCCCCCC(C)C)OC(=O)CCCCCCCCCCCCC. The van der Waals surface area contributed by atoms with Gasteiger partial charge in [-0.2, -0.15) is 0 Å². The molecule has 5 atom stereocenters. The normalized spacial score (nSPS) is 14.2. The van der Waals surface area contributed by atoms with Crippen molar-refractivity contribution in [3.63, 3.8) is 0 Å². The number of aliphatic hydroxyl groups is 1. The number of carbonyl (C=O) groups excluding carboxylic acids is 4. The van der Waals surface area contributed by atoms with Crippen LogP contribution in [-0.2, 0) is 65.4 Å². The van der Waals surface area contributed by atoms with Crippen molar-refractivity contribution in [3.05, 3.63) is 24.3 Å². The van der Waals surface area contributed by atoms with Crippen LogP contribution >= 0.6 is 15.6 Å². The number of rotatable bonds is 69. The van der Waals surface area contributed by atoms with E-state index >= 15 is 0 Å². The highest BCUT2D eigenvalue weighted by atomic mass is 31.2. The molecular weight excluding hydrogens is 1190 g/mol. The summed E-state index contributed by atoms with van der Waals surface area (Å²) in [6.45, 7) is 7.10. The number of ether oxygens (including phenoxy) is 4. The first-order chi connectivity index (χ1) is 43.5. The highest BCUT2D eigenvalue weighted by molar-refractivity contribution is 7.47. The van der Waals surface area contributed by atoms with Gasteiger partial charge in [0.25, 0.3) is 0 Å². The first-order valence-electron chi connectivity index (χ1n) is 36.5. The van der Waals surface area contributed by atoms with Crippen LogP contribution in [0.2, 0.25) is 0 Å². The Morgan fingerprint density at radius 3 is 0.911 bits per heavy atom. The molecule has 2 unspecified atom stereocenters. The fourth-order valence-corrected chi connectivity index (χ4v) is 11.9. The number of hydrogen-bond acceptors (Lipinski definition) is 15. The molecule has 530 valence electrons. The maximum absolute atomic E-state index is 13.0. The predicted molar refractivity (Wildman–Crippen MR) is 363 cm³/mol. The van der Waals surface area contributed by atoms with Gasteiger partial charge < -0.3 is 33.8 Å². The van der Waals surface area contributed by atoms with Gasteiger partial charge in [-0.3, -0.25) is 37.3 Å². The number of phosphoric ester groups is 2. The van der Waals surface area contributed by atoms with E-state index < -0.39 is 97.5 Å². The number of carbonyl (C=O) groups is 4. The van der Waals surface area contributed by atoms with E-state index in [9.17, 15) is 43.2 Å². The first kappa shape index (κ1) is 87.5. The van der Waals surface area contributed by atoms with E-state index in [1.165, 1.54) is 148 Å². The Morgan fingerprint density at radius 1 is 0.344 bits per heavy atom. The molecular formula is C71H134O17P2. The molecule has 0 rings (SSSR count). The second-order valence-corrected chi connectivity index (χ2v) is 28.3. The second kappa shape index (κ2) is 63.9. The summed E-state index contributed by atoms with van der Waals surface area (Å²) in [6, 6.07) is 0. The van der Waals surface area contributed by atoms with Crippen LogP contribution in [0.5, 0.6) is 0 Å². The Bertz CT molecular complexity index is 1830. The summed E-state index contributed by atoms with van der Waals surface area (Å²) in [5.41, 5.74) is 0. The van der Waals surface area contributed by atoms with Gasteiger partial charge in [-0.1, -0.05) is 290 Å². The minimum Gasteiger partial charge on any atom is -0.462 e. The molecule has 0 aromatic rings. The third-order valence-electron chi connectivity index (χ3n) is 15.9. The second-order valence-electron chi connectivity index (χ2n) is 25.4. The maximum atomic E-state index is 13.0. The molecule has 90 heavy (non-hydrogen) atoms. The van der Waals surface area contributed by atoms with E-state index in [0.29, 0.717) is 31.6 Å². The zero-order valence-electron chi connectivity index (χ0n) is 57.8. The van der Waals surface area contributed by atoms with Crippen molar-refractivity contribution in [2.45, 2.75) is 361 Å². The zero-order valence-corrected chi connectivity index (χ0v) is 59.5. The first-order valence-corrected chi connectivity index (χ1v) is 39.4. The average Bonchev–Trinajstić information content (AvgIpc) is 3.65. The van der Waals surface area contributed by atoms with Gasteiger partial charge in [-0.05, 0) is 57.3 Å². The molecule has 0 amide bonds. The molecule has 0 radical (unpaired) electrons. The molecule has 0 bridgehead atoms. The van der Waals surface area contributed by atoms with E-state index in [1.807, 2.05) is 0 Å². The lowest BCUT2D eigenvalue weighted by atomic mass is 10.0. The molecule has 0 heterocycles. The summed E-state index contributed by atoms with van der Waals surface area (Å²) in [5.74, 6) is -1.48. The maximum Gasteiger partial charge on any atom is 0.472 e. The lowest BCUT2D eigenvalue weighted by Gasteiger charge is -2.21. The highest BCUT2D eigenvalue weighted by Gasteiger charge is 2.30. The van der Waals surface area contributed by atoms with Crippen LogP contribution in [0.3, 0.4) is 0 Å². The summed E-state index contributed by atoms with van der Waals surface area (Å²) in [6.07, 6.45) is 53.6. The van der Waals surface area contributed by atoms with Crippen molar-refractivity contribution in [1.82, 2.24) is 0 Å². The van der Waals surface area contributed by atoms with Crippen LogP contribution in [0, 0.1) is 5.92 Å². The molecule has 0 saturated heterocycles. The summed E-state index contributed by atoms with van der Waals surface area (Å²) >= 11 is 0. The lowest BCUT2D eigenvalue weighted by molar-refractivity contribution is -0.161. The molecule has 0 aromatic carbocycles. The van der Waals surface area contributed by atoms with Gasteiger partial charge in [0.1, 0.15) is 19.3 Å². The number of allylic oxidation sites excluding steroid dienone is 4. The molecule has 0 aliphatic carbocycles. The molecule has 0 saturated carbocycles. The summed E-state index contributed by atoms with van der Waals surface area (Å²) in [4.78, 5) is 72.5. The van der Waals surface area contributed by atoms with Crippen LogP contribution in [-0.4, -0.2) is 96.7 Å². The van der Waals surface area contributed by atoms with Crippen molar-refractivity contribution in [2.75, 3.05) is 39.6 Å². The summed E-state index contributed by atoms with van der Waals surface area (Å²) in [5, 5.41) is 10.6. The van der Waals surface area contributed by atoms with Crippen molar-refractivity contribution >= 4 is 39.5 Å². The lowest BCUT2D eigenvalue weighted by Crippen LogP contribution is -2.30. The van der Waals surface area contributed by atoms with E-state index in [-0.39, 0.29) is 25.7 Å². The van der Waals surface area contributed by atoms with Crippen molar-refractivity contribution in [2.24, 2.45) is 5.92 Å². The van der Waals surface area contributed by atoms with Gasteiger partial charge in [0.05, 0.1) is 26.4 Å². The minimum atomic E-state index is -4.96. The average molecular weight is 1320 g/mol. The Morgan fingerprint density at radius 2 is 0.600 bits per heavy atom. The Kier molecular flexibility index (Phi) is 62.2. The van der Waals surface area contributed by atoms with E-state index in [4.69, 9.17) is 37.0 Å². The summed E-state index contributed by atoms with van der Waals surface area (Å²) < 4.78 is 68.2. The van der Waals surface area contributed by atoms with Crippen molar-refractivity contribution in [3.8, 4) is 0 Å².